The van der Waals surface area contributed by atoms with Crippen molar-refractivity contribution in [2.45, 2.75) is 52.5 Å². The summed E-state index contributed by atoms with van der Waals surface area (Å²) in [5, 5.41) is 0. The lowest BCUT2D eigenvalue weighted by Crippen LogP contribution is -2.37. The number of rotatable bonds is 5. The van der Waals surface area contributed by atoms with E-state index in [1.54, 1.807) is 0 Å². The molecule has 0 bridgehead atoms. The first-order valence-electron chi connectivity index (χ1n) is 6.98. The zero-order chi connectivity index (χ0) is 13.6. The largest absolute Gasteiger partial charge is 0.463 e. The van der Waals surface area contributed by atoms with Crippen LogP contribution in [0.2, 0.25) is 0 Å². The summed E-state index contributed by atoms with van der Waals surface area (Å²) >= 11 is 0. The molecule has 0 aromatic rings. The van der Waals surface area contributed by atoms with Crippen molar-refractivity contribution in [2.24, 2.45) is 5.41 Å². The number of carbonyl (C=O) groups is 1. The lowest BCUT2D eigenvalue weighted by atomic mass is 9.75. The van der Waals surface area contributed by atoms with Crippen LogP contribution < -0.4 is 0 Å². The van der Waals surface area contributed by atoms with Crippen molar-refractivity contribution in [2.75, 3.05) is 20.2 Å². The second-order valence-corrected chi connectivity index (χ2v) is 5.99. The fraction of sp³-hybridized carbons (Fsp3) is 0.800. The number of nitrogens with zero attached hydrogens (tertiary/aromatic N) is 1. The molecule has 1 fully saturated rings. The minimum Gasteiger partial charge on any atom is -0.463 e. The van der Waals surface area contributed by atoms with E-state index in [4.69, 9.17) is 4.74 Å². The Morgan fingerprint density at radius 1 is 1.39 bits per heavy atom. The highest BCUT2D eigenvalue weighted by Crippen LogP contribution is 2.36. The van der Waals surface area contributed by atoms with Crippen LogP contribution in [0.4, 0.5) is 0 Å². The summed E-state index contributed by atoms with van der Waals surface area (Å²) in [6.07, 6.45) is 8.55. The van der Waals surface area contributed by atoms with Crippen molar-refractivity contribution < 1.29 is 9.53 Å². The Morgan fingerprint density at radius 2 is 2.00 bits per heavy atom. The van der Waals surface area contributed by atoms with Crippen LogP contribution in [-0.4, -0.2) is 37.1 Å². The molecular weight excluding hydrogens is 226 g/mol. The number of likely N-dealkylation sites (N-methyl/N-ethyl adjacent to an activating group) is 1. The average Bonchev–Trinajstić information content (AvgIpc) is 2.29. The van der Waals surface area contributed by atoms with E-state index >= 15 is 0 Å². The van der Waals surface area contributed by atoms with Gasteiger partial charge in [0.1, 0.15) is 0 Å². The molecule has 104 valence electrons. The van der Waals surface area contributed by atoms with Gasteiger partial charge in [-0.25, -0.2) is 4.79 Å². The third kappa shape index (κ3) is 5.21. The maximum atomic E-state index is 11.2. The summed E-state index contributed by atoms with van der Waals surface area (Å²) in [5.41, 5.74) is 0.512. The van der Waals surface area contributed by atoms with Crippen LogP contribution in [0.3, 0.4) is 0 Å². The molecule has 3 nitrogen and oxygen atoms in total. The maximum Gasteiger partial charge on any atom is 0.330 e. The van der Waals surface area contributed by atoms with Gasteiger partial charge in [-0.2, -0.15) is 0 Å². The summed E-state index contributed by atoms with van der Waals surface area (Å²) < 4.78 is 4.85. The normalized spacial score (nSPS) is 20.5. The summed E-state index contributed by atoms with van der Waals surface area (Å²) in [7, 11) is 2.14. The van der Waals surface area contributed by atoms with E-state index < -0.39 is 0 Å². The molecule has 0 spiro atoms. The van der Waals surface area contributed by atoms with Crippen molar-refractivity contribution in [3.8, 4) is 0 Å². The first kappa shape index (κ1) is 15.2. The number of esters is 1. The highest BCUT2D eigenvalue weighted by Gasteiger charge is 2.28. The van der Waals surface area contributed by atoms with E-state index in [0.717, 1.165) is 6.54 Å². The molecule has 0 saturated heterocycles. The monoisotopic (exact) mass is 253 g/mol. The second kappa shape index (κ2) is 6.93. The summed E-state index contributed by atoms with van der Waals surface area (Å²) in [6, 6.07) is 0.657. The molecule has 18 heavy (non-hydrogen) atoms. The van der Waals surface area contributed by atoms with Crippen LogP contribution in [-0.2, 0) is 9.53 Å². The predicted octanol–water partition coefficient (Wildman–Crippen LogP) is 3.01. The molecule has 1 aliphatic carbocycles. The molecule has 0 N–H and O–H groups in total. The van der Waals surface area contributed by atoms with Crippen molar-refractivity contribution in [3.63, 3.8) is 0 Å². The summed E-state index contributed by atoms with van der Waals surface area (Å²) in [4.78, 5) is 13.5. The van der Waals surface area contributed by atoms with Crippen molar-refractivity contribution in [1.82, 2.24) is 4.90 Å². The molecule has 0 heterocycles. The van der Waals surface area contributed by atoms with Gasteiger partial charge in [-0.15, -0.1) is 0 Å². The highest BCUT2D eigenvalue weighted by molar-refractivity contribution is 5.81. The first-order chi connectivity index (χ1) is 8.44. The number of hydrogen-bond acceptors (Lipinski definition) is 3. The van der Waals surface area contributed by atoms with Gasteiger partial charge in [0.15, 0.2) is 0 Å². The number of ether oxygens (including phenoxy) is 1. The van der Waals surface area contributed by atoms with Crippen LogP contribution in [0.25, 0.3) is 0 Å². The van der Waals surface area contributed by atoms with Gasteiger partial charge < -0.3 is 4.74 Å². The first-order valence-corrected chi connectivity index (χ1v) is 6.98. The fourth-order valence-corrected chi connectivity index (χ4v) is 2.48. The van der Waals surface area contributed by atoms with E-state index in [1.165, 1.54) is 31.8 Å². The fourth-order valence-electron chi connectivity index (χ4n) is 2.48. The van der Waals surface area contributed by atoms with Crippen LogP contribution in [0.15, 0.2) is 12.2 Å². The maximum absolute atomic E-state index is 11.2. The molecule has 1 rings (SSSR count). The Bertz CT molecular complexity index is 287. The molecular formula is C15H27NO2. The molecule has 0 radical (unpaired) electrons. The van der Waals surface area contributed by atoms with Crippen LogP contribution in [0.1, 0.15) is 46.5 Å². The smallest absolute Gasteiger partial charge is 0.330 e. The number of hydrogen-bond donors (Lipinski definition) is 0. The van der Waals surface area contributed by atoms with Crippen molar-refractivity contribution in [1.29, 1.82) is 0 Å². The summed E-state index contributed by atoms with van der Waals surface area (Å²) in [6.45, 7) is 7.79. The third-order valence-electron chi connectivity index (χ3n) is 3.87. The van der Waals surface area contributed by atoms with Gasteiger partial charge in [-0.3, -0.25) is 4.90 Å². The SMILES string of the molecule is CCOC(=O)/C=C/CN(C)C1CCC(C)(C)CC1. The van der Waals surface area contributed by atoms with E-state index in [0.29, 0.717) is 18.1 Å². The lowest BCUT2D eigenvalue weighted by molar-refractivity contribution is -0.137. The van der Waals surface area contributed by atoms with Crippen molar-refractivity contribution >= 4 is 5.97 Å². The average molecular weight is 253 g/mol. The van der Waals surface area contributed by atoms with E-state index in [9.17, 15) is 4.79 Å². The zero-order valence-corrected chi connectivity index (χ0v) is 12.2. The van der Waals surface area contributed by atoms with Crippen LogP contribution in [0.5, 0.6) is 0 Å². The molecule has 0 unspecified atom stereocenters. The van der Waals surface area contributed by atoms with Crippen LogP contribution >= 0.6 is 0 Å². The van der Waals surface area contributed by atoms with E-state index in [1.807, 2.05) is 13.0 Å². The highest BCUT2D eigenvalue weighted by atomic mass is 16.5. The molecule has 1 saturated carbocycles. The third-order valence-corrected chi connectivity index (χ3v) is 3.87. The molecule has 0 amide bonds. The Balaban J connectivity index is 2.29. The van der Waals surface area contributed by atoms with Gasteiger partial charge in [0.2, 0.25) is 0 Å². The zero-order valence-electron chi connectivity index (χ0n) is 12.2. The Labute approximate surface area is 111 Å². The van der Waals surface area contributed by atoms with E-state index in [-0.39, 0.29) is 5.97 Å². The van der Waals surface area contributed by atoms with Gasteiger partial charge in [-0.1, -0.05) is 19.9 Å². The standard InChI is InChI=1S/C15H27NO2/c1-5-18-14(17)7-6-12-16(4)13-8-10-15(2,3)11-9-13/h6-7,13H,5,8-12H2,1-4H3/b7-6+. The number of carbonyl (C=O) groups excluding carboxylic acids is 1. The Kier molecular flexibility index (Phi) is 5.86. The lowest BCUT2D eigenvalue weighted by Gasteiger charge is -2.38. The van der Waals surface area contributed by atoms with E-state index in [2.05, 4.69) is 25.8 Å². The van der Waals surface area contributed by atoms with Crippen molar-refractivity contribution in [3.05, 3.63) is 12.2 Å². The second-order valence-electron chi connectivity index (χ2n) is 5.99. The minimum atomic E-state index is -0.240. The molecule has 1 aliphatic rings. The van der Waals surface area contributed by atoms with Gasteiger partial charge in [0.05, 0.1) is 6.61 Å². The minimum absolute atomic E-state index is 0.240. The van der Waals surface area contributed by atoms with Gasteiger partial charge in [-0.05, 0) is 45.1 Å². The summed E-state index contributed by atoms with van der Waals surface area (Å²) in [5.74, 6) is -0.240. The molecule has 0 aliphatic heterocycles. The van der Waals surface area contributed by atoms with Gasteiger partial charge >= 0.3 is 5.97 Å². The molecule has 3 heteroatoms. The van der Waals surface area contributed by atoms with Crippen LogP contribution in [0, 0.1) is 5.41 Å². The predicted molar refractivity (Wildman–Crippen MR) is 74.4 cm³/mol. The Hall–Kier alpha value is -0.830. The topological polar surface area (TPSA) is 29.5 Å². The Morgan fingerprint density at radius 3 is 2.56 bits per heavy atom. The molecule has 0 aromatic heterocycles. The molecule has 0 atom stereocenters. The van der Waals surface area contributed by atoms with Gasteiger partial charge in [0.25, 0.3) is 0 Å². The van der Waals surface area contributed by atoms with Gasteiger partial charge in [0, 0.05) is 18.7 Å². The molecule has 0 aromatic carbocycles. The quantitative estimate of drug-likeness (QED) is 0.557.